The summed E-state index contributed by atoms with van der Waals surface area (Å²) in [6.07, 6.45) is 3.10. The second kappa shape index (κ2) is 6.02. The van der Waals surface area contributed by atoms with E-state index in [1.54, 1.807) is 0 Å². The SMILES string of the molecule is C[SiH](C=CC(C)(C)O)CCc1ccccc1. The number of aliphatic hydroxyl groups is 1. The lowest BCUT2D eigenvalue weighted by Gasteiger charge is -2.12. The molecule has 0 fully saturated rings. The van der Waals surface area contributed by atoms with E-state index < -0.39 is 14.4 Å². The molecule has 16 heavy (non-hydrogen) atoms. The van der Waals surface area contributed by atoms with E-state index in [9.17, 15) is 5.11 Å². The summed E-state index contributed by atoms with van der Waals surface area (Å²) in [5.41, 5.74) is 3.00. The third kappa shape index (κ3) is 5.88. The van der Waals surface area contributed by atoms with Gasteiger partial charge in [0.15, 0.2) is 0 Å². The fourth-order valence-electron chi connectivity index (χ4n) is 1.53. The van der Waals surface area contributed by atoms with Crippen LogP contribution in [-0.4, -0.2) is 19.5 Å². The maximum Gasteiger partial charge on any atom is 0.0767 e. The fourth-order valence-corrected chi connectivity index (χ4v) is 3.32. The lowest BCUT2D eigenvalue weighted by atomic mass is 10.1. The summed E-state index contributed by atoms with van der Waals surface area (Å²) in [6, 6.07) is 11.9. The van der Waals surface area contributed by atoms with Crippen LogP contribution in [0.25, 0.3) is 0 Å². The van der Waals surface area contributed by atoms with E-state index in [0.717, 1.165) is 6.42 Å². The van der Waals surface area contributed by atoms with Crippen LogP contribution in [0.4, 0.5) is 0 Å². The molecule has 0 aliphatic carbocycles. The van der Waals surface area contributed by atoms with Gasteiger partial charge in [0.05, 0.1) is 14.4 Å². The minimum absolute atomic E-state index is 0.659. The van der Waals surface area contributed by atoms with Gasteiger partial charge in [-0.1, -0.05) is 54.7 Å². The Kier molecular flexibility index (Phi) is 4.96. The van der Waals surface area contributed by atoms with Crippen molar-refractivity contribution in [1.82, 2.24) is 0 Å². The Bertz CT molecular complexity index is 324. The maximum absolute atomic E-state index is 9.59. The van der Waals surface area contributed by atoms with Gasteiger partial charge in [0.25, 0.3) is 0 Å². The third-order valence-electron chi connectivity index (χ3n) is 2.56. The molecule has 0 aromatic heterocycles. The van der Waals surface area contributed by atoms with Crippen LogP contribution in [0.15, 0.2) is 42.1 Å². The standard InChI is InChI=1S/C14H22OSi/c1-14(2,15)10-12-16(3)11-9-13-7-5-4-6-8-13/h4-8,10,12,15-16H,9,11H2,1-3H3. The topological polar surface area (TPSA) is 20.2 Å². The summed E-state index contributed by atoms with van der Waals surface area (Å²) < 4.78 is 0. The lowest BCUT2D eigenvalue weighted by Crippen LogP contribution is -2.16. The van der Waals surface area contributed by atoms with Crippen LogP contribution < -0.4 is 0 Å². The summed E-state index contributed by atoms with van der Waals surface area (Å²) >= 11 is 0. The molecule has 88 valence electrons. The third-order valence-corrected chi connectivity index (χ3v) is 4.61. The number of rotatable bonds is 5. The maximum atomic E-state index is 9.59. The Morgan fingerprint density at radius 1 is 1.25 bits per heavy atom. The Morgan fingerprint density at radius 3 is 2.44 bits per heavy atom. The number of hydrogen-bond donors (Lipinski definition) is 1. The van der Waals surface area contributed by atoms with E-state index in [1.807, 2.05) is 19.9 Å². The van der Waals surface area contributed by atoms with Crippen molar-refractivity contribution < 1.29 is 5.11 Å². The van der Waals surface area contributed by atoms with Crippen LogP contribution in [0, 0.1) is 0 Å². The molecule has 1 unspecified atom stereocenters. The Morgan fingerprint density at radius 2 is 1.88 bits per heavy atom. The van der Waals surface area contributed by atoms with Crippen LogP contribution in [-0.2, 0) is 6.42 Å². The van der Waals surface area contributed by atoms with Crippen molar-refractivity contribution in [3.63, 3.8) is 0 Å². The molecule has 1 rings (SSSR count). The van der Waals surface area contributed by atoms with Crippen molar-refractivity contribution in [3.8, 4) is 0 Å². The van der Waals surface area contributed by atoms with Gasteiger partial charge in [0.1, 0.15) is 0 Å². The van der Waals surface area contributed by atoms with Crippen LogP contribution >= 0.6 is 0 Å². The van der Waals surface area contributed by atoms with Crippen LogP contribution in [0.1, 0.15) is 19.4 Å². The first kappa shape index (κ1) is 13.2. The van der Waals surface area contributed by atoms with Crippen molar-refractivity contribution in [2.45, 2.75) is 38.5 Å². The fraction of sp³-hybridized carbons (Fsp3) is 0.429. The zero-order valence-corrected chi connectivity index (χ0v) is 11.6. The summed E-state index contributed by atoms with van der Waals surface area (Å²) in [5, 5.41) is 9.59. The van der Waals surface area contributed by atoms with E-state index in [4.69, 9.17) is 0 Å². The highest BCUT2D eigenvalue weighted by Gasteiger charge is 2.07. The van der Waals surface area contributed by atoms with E-state index in [0.29, 0.717) is 0 Å². The first-order chi connectivity index (χ1) is 7.47. The molecule has 0 amide bonds. The van der Waals surface area contributed by atoms with Gasteiger partial charge in [-0.25, -0.2) is 0 Å². The largest absolute Gasteiger partial charge is 0.386 e. The average molecular weight is 234 g/mol. The molecule has 0 heterocycles. The van der Waals surface area contributed by atoms with E-state index in [2.05, 4.69) is 42.6 Å². The van der Waals surface area contributed by atoms with Gasteiger partial charge >= 0.3 is 0 Å². The second-order valence-corrected chi connectivity index (χ2v) is 7.93. The van der Waals surface area contributed by atoms with E-state index in [1.165, 1.54) is 11.6 Å². The minimum Gasteiger partial charge on any atom is -0.386 e. The Labute approximate surface area is 100 Å². The van der Waals surface area contributed by atoms with E-state index >= 15 is 0 Å². The molecule has 0 bridgehead atoms. The molecule has 0 spiro atoms. The first-order valence-corrected chi connectivity index (χ1v) is 8.57. The van der Waals surface area contributed by atoms with Crippen LogP contribution in [0.2, 0.25) is 12.6 Å². The molecule has 0 aliphatic heterocycles. The molecule has 0 radical (unpaired) electrons. The molecule has 1 atom stereocenters. The highest BCUT2D eigenvalue weighted by Crippen LogP contribution is 2.08. The zero-order chi connectivity index (χ0) is 12.0. The average Bonchev–Trinajstić information content (AvgIpc) is 2.24. The van der Waals surface area contributed by atoms with Crippen molar-refractivity contribution in [1.29, 1.82) is 0 Å². The van der Waals surface area contributed by atoms with Gasteiger partial charge in [0.2, 0.25) is 0 Å². The summed E-state index contributed by atoms with van der Waals surface area (Å²) in [4.78, 5) is 0. The monoisotopic (exact) mass is 234 g/mol. The molecule has 1 aromatic rings. The van der Waals surface area contributed by atoms with Gasteiger partial charge < -0.3 is 5.11 Å². The van der Waals surface area contributed by atoms with E-state index in [-0.39, 0.29) is 0 Å². The van der Waals surface area contributed by atoms with Gasteiger partial charge in [-0.15, -0.1) is 0 Å². The summed E-state index contributed by atoms with van der Waals surface area (Å²) in [7, 11) is -0.812. The first-order valence-electron chi connectivity index (χ1n) is 5.93. The molecule has 0 aliphatic rings. The number of hydrogen-bond acceptors (Lipinski definition) is 1. The van der Waals surface area contributed by atoms with Crippen LogP contribution in [0.3, 0.4) is 0 Å². The normalized spacial score (nSPS) is 14.2. The van der Waals surface area contributed by atoms with Gasteiger partial charge in [-0.2, -0.15) is 0 Å². The van der Waals surface area contributed by atoms with Crippen molar-refractivity contribution in [2.24, 2.45) is 0 Å². The minimum atomic E-state index is -0.812. The molecule has 0 saturated heterocycles. The molecular weight excluding hydrogens is 212 g/mol. The van der Waals surface area contributed by atoms with Gasteiger partial charge in [-0.3, -0.25) is 0 Å². The smallest absolute Gasteiger partial charge is 0.0767 e. The number of aryl methyl sites for hydroxylation is 1. The highest BCUT2D eigenvalue weighted by atomic mass is 28.3. The second-order valence-electron chi connectivity index (χ2n) is 5.01. The quantitative estimate of drug-likeness (QED) is 0.777. The van der Waals surface area contributed by atoms with Crippen molar-refractivity contribution >= 4 is 8.80 Å². The Hall–Kier alpha value is -0.863. The predicted octanol–water partition coefficient (Wildman–Crippen LogP) is 2.95. The number of benzene rings is 1. The van der Waals surface area contributed by atoms with Crippen LogP contribution in [0.5, 0.6) is 0 Å². The van der Waals surface area contributed by atoms with Crippen molar-refractivity contribution in [3.05, 3.63) is 47.7 Å². The summed E-state index contributed by atoms with van der Waals surface area (Å²) in [6.45, 7) is 5.97. The predicted molar refractivity (Wildman–Crippen MR) is 73.4 cm³/mol. The Balaban J connectivity index is 2.36. The van der Waals surface area contributed by atoms with Gasteiger partial charge in [0, 0.05) is 0 Å². The molecule has 2 heteroatoms. The molecule has 1 aromatic carbocycles. The highest BCUT2D eigenvalue weighted by molar-refractivity contribution is 6.62. The molecule has 1 nitrogen and oxygen atoms in total. The molecule has 0 saturated carbocycles. The molecule has 1 N–H and O–H groups in total. The van der Waals surface area contributed by atoms with Gasteiger partial charge in [-0.05, 0) is 25.8 Å². The van der Waals surface area contributed by atoms with Crippen molar-refractivity contribution in [2.75, 3.05) is 0 Å². The molecular formula is C14H22OSi. The summed E-state index contributed by atoms with van der Waals surface area (Å²) in [5.74, 6) is 0. The lowest BCUT2D eigenvalue weighted by molar-refractivity contribution is 0.133. The zero-order valence-electron chi connectivity index (χ0n) is 10.5.